The number of rotatable bonds is 5. The molecule has 0 fully saturated rings. The Balaban J connectivity index is 1.09. The van der Waals surface area contributed by atoms with Crippen LogP contribution in [0.5, 0.6) is 0 Å². The summed E-state index contributed by atoms with van der Waals surface area (Å²) in [4.78, 5) is 15.5. The number of hydrogen-bond donors (Lipinski definition) is 0. The van der Waals surface area contributed by atoms with Crippen molar-refractivity contribution >= 4 is 54.6 Å². The Kier molecular flexibility index (Phi) is 6.79. The molecular formula is C49H29N3O2. The summed E-state index contributed by atoms with van der Waals surface area (Å²) in [5.41, 5.74) is 10.7. The molecule has 11 rings (SSSR count). The molecule has 252 valence electrons. The van der Waals surface area contributed by atoms with Crippen molar-refractivity contribution in [1.82, 2.24) is 15.0 Å². The Morgan fingerprint density at radius 1 is 0.278 bits per heavy atom. The van der Waals surface area contributed by atoms with E-state index < -0.39 is 0 Å². The van der Waals surface area contributed by atoms with Gasteiger partial charge in [0.2, 0.25) is 0 Å². The fraction of sp³-hybridized carbons (Fsp3) is 0. The highest BCUT2D eigenvalue weighted by molar-refractivity contribution is 6.22. The zero-order valence-electron chi connectivity index (χ0n) is 28.9. The van der Waals surface area contributed by atoms with Crippen LogP contribution in [0.4, 0.5) is 0 Å². The molecule has 0 atom stereocenters. The third-order valence-electron chi connectivity index (χ3n) is 10.4. The van der Waals surface area contributed by atoms with E-state index in [0.29, 0.717) is 17.5 Å². The van der Waals surface area contributed by atoms with Gasteiger partial charge >= 0.3 is 0 Å². The fourth-order valence-electron chi connectivity index (χ4n) is 7.79. The Hall–Kier alpha value is -7.37. The fourth-order valence-corrected chi connectivity index (χ4v) is 7.79. The summed E-state index contributed by atoms with van der Waals surface area (Å²) in [5, 5.41) is 6.48. The van der Waals surface area contributed by atoms with Gasteiger partial charge in [-0.1, -0.05) is 152 Å². The van der Waals surface area contributed by atoms with Crippen molar-refractivity contribution in [3.05, 3.63) is 176 Å². The Morgan fingerprint density at radius 3 is 1.48 bits per heavy atom. The van der Waals surface area contributed by atoms with Crippen LogP contribution in [0.1, 0.15) is 0 Å². The van der Waals surface area contributed by atoms with Gasteiger partial charge in [-0.05, 0) is 51.9 Å². The third-order valence-corrected chi connectivity index (χ3v) is 10.4. The van der Waals surface area contributed by atoms with Crippen molar-refractivity contribution in [2.24, 2.45) is 0 Å². The van der Waals surface area contributed by atoms with E-state index in [1.807, 2.05) is 48.5 Å². The van der Waals surface area contributed by atoms with Crippen LogP contribution in [-0.2, 0) is 0 Å². The first-order valence-electron chi connectivity index (χ1n) is 18.0. The molecule has 0 bridgehead atoms. The summed E-state index contributed by atoms with van der Waals surface area (Å²) in [6.07, 6.45) is 0. The quantitative estimate of drug-likeness (QED) is 0.180. The summed E-state index contributed by atoms with van der Waals surface area (Å²) in [6, 6.07) is 60.4. The number of furan rings is 2. The van der Waals surface area contributed by atoms with E-state index in [4.69, 9.17) is 23.8 Å². The monoisotopic (exact) mass is 691 g/mol. The van der Waals surface area contributed by atoms with Crippen LogP contribution in [0.15, 0.2) is 185 Å². The largest absolute Gasteiger partial charge is 0.456 e. The lowest BCUT2D eigenvalue weighted by molar-refractivity contribution is 0.668. The first kappa shape index (κ1) is 30.3. The summed E-state index contributed by atoms with van der Waals surface area (Å²) >= 11 is 0. The minimum absolute atomic E-state index is 0.599. The molecule has 0 radical (unpaired) electrons. The lowest BCUT2D eigenvalue weighted by atomic mass is 9.98. The third kappa shape index (κ3) is 4.90. The van der Waals surface area contributed by atoms with E-state index in [1.165, 1.54) is 0 Å². The molecule has 8 aromatic carbocycles. The molecule has 0 unspecified atom stereocenters. The molecule has 0 aliphatic carbocycles. The molecule has 0 aliphatic heterocycles. The van der Waals surface area contributed by atoms with Gasteiger partial charge in [0.15, 0.2) is 17.5 Å². The molecule has 54 heavy (non-hydrogen) atoms. The number of para-hydroxylation sites is 2. The minimum Gasteiger partial charge on any atom is -0.456 e. The Morgan fingerprint density at radius 2 is 0.778 bits per heavy atom. The number of aromatic nitrogens is 3. The zero-order valence-corrected chi connectivity index (χ0v) is 28.9. The predicted octanol–water partition coefficient (Wildman–Crippen LogP) is 13.2. The molecular weight excluding hydrogens is 663 g/mol. The van der Waals surface area contributed by atoms with Crippen LogP contribution in [-0.4, -0.2) is 15.0 Å². The molecule has 0 aliphatic rings. The lowest BCUT2D eigenvalue weighted by Crippen LogP contribution is -2.00. The first-order valence-corrected chi connectivity index (χ1v) is 18.0. The Bertz CT molecular complexity index is 3200. The number of fused-ring (bicyclic) bond motifs is 8. The SMILES string of the molecule is c1ccc(-c2ccc(-c3nc(-c4ccc(-c5cccc6oc7ccccc7c56)cc4)nc(-c4cccc5ccc6oc7ccccc7c6c45)n3)cc2)cc1. The summed E-state index contributed by atoms with van der Waals surface area (Å²) < 4.78 is 12.5. The van der Waals surface area contributed by atoms with Crippen molar-refractivity contribution < 1.29 is 8.83 Å². The van der Waals surface area contributed by atoms with Crippen molar-refractivity contribution in [1.29, 1.82) is 0 Å². The lowest BCUT2D eigenvalue weighted by Gasteiger charge is -2.12. The first-order chi connectivity index (χ1) is 26.7. The molecule has 3 heterocycles. The van der Waals surface area contributed by atoms with Gasteiger partial charge in [-0.2, -0.15) is 0 Å². The number of hydrogen-bond acceptors (Lipinski definition) is 5. The summed E-state index contributed by atoms with van der Waals surface area (Å²) in [7, 11) is 0. The van der Waals surface area contributed by atoms with E-state index in [1.54, 1.807) is 0 Å². The molecule has 11 aromatic rings. The van der Waals surface area contributed by atoms with E-state index >= 15 is 0 Å². The summed E-state index contributed by atoms with van der Waals surface area (Å²) in [5.74, 6) is 1.81. The van der Waals surface area contributed by atoms with Gasteiger partial charge in [0, 0.05) is 43.6 Å². The molecule has 0 saturated heterocycles. The van der Waals surface area contributed by atoms with Crippen molar-refractivity contribution in [3.63, 3.8) is 0 Å². The Labute approximate surface area is 309 Å². The van der Waals surface area contributed by atoms with E-state index in [-0.39, 0.29) is 0 Å². The number of benzene rings is 8. The van der Waals surface area contributed by atoms with Crippen LogP contribution in [0.2, 0.25) is 0 Å². The molecule has 5 nitrogen and oxygen atoms in total. The summed E-state index contributed by atoms with van der Waals surface area (Å²) in [6.45, 7) is 0. The standard InChI is InChI=1S/C49H29N3O2/c1-2-10-30(11-3-1)31-20-24-34(25-21-31)47-50-48(35-26-22-32(23-27-35)36-15-9-19-42-45(36)37-13-4-6-17-40(37)53-42)52-49(51-47)39-16-8-12-33-28-29-43-46(44(33)39)38-14-5-7-18-41(38)54-43/h1-29H. The van der Waals surface area contributed by atoms with Gasteiger partial charge in [-0.15, -0.1) is 0 Å². The maximum Gasteiger partial charge on any atom is 0.164 e. The maximum atomic E-state index is 6.32. The second-order valence-electron chi connectivity index (χ2n) is 13.5. The van der Waals surface area contributed by atoms with Crippen molar-refractivity contribution in [3.8, 4) is 56.4 Å². The van der Waals surface area contributed by atoms with Crippen LogP contribution in [0, 0.1) is 0 Å². The van der Waals surface area contributed by atoms with Crippen LogP contribution in [0.3, 0.4) is 0 Å². The van der Waals surface area contributed by atoms with E-state index in [0.717, 1.165) is 93.6 Å². The van der Waals surface area contributed by atoms with Crippen LogP contribution in [0.25, 0.3) is 111 Å². The molecule has 0 amide bonds. The molecule has 5 heteroatoms. The van der Waals surface area contributed by atoms with Crippen molar-refractivity contribution in [2.45, 2.75) is 0 Å². The van der Waals surface area contributed by atoms with E-state index in [9.17, 15) is 0 Å². The van der Waals surface area contributed by atoms with Crippen molar-refractivity contribution in [2.75, 3.05) is 0 Å². The molecule has 0 N–H and O–H groups in total. The van der Waals surface area contributed by atoms with Gasteiger partial charge in [0.05, 0.1) is 0 Å². The smallest absolute Gasteiger partial charge is 0.164 e. The average molecular weight is 692 g/mol. The maximum absolute atomic E-state index is 6.32. The highest BCUT2D eigenvalue weighted by Gasteiger charge is 2.19. The van der Waals surface area contributed by atoms with Gasteiger partial charge in [-0.25, -0.2) is 15.0 Å². The molecule has 3 aromatic heterocycles. The van der Waals surface area contributed by atoms with Gasteiger partial charge < -0.3 is 8.83 Å². The number of nitrogens with zero attached hydrogens (tertiary/aromatic N) is 3. The highest BCUT2D eigenvalue weighted by atomic mass is 16.3. The second-order valence-corrected chi connectivity index (χ2v) is 13.5. The highest BCUT2D eigenvalue weighted by Crippen LogP contribution is 2.40. The van der Waals surface area contributed by atoms with Gasteiger partial charge in [-0.3, -0.25) is 0 Å². The molecule has 0 saturated carbocycles. The minimum atomic E-state index is 0.599. The van der Waals surface area contributed by atoms with Gasteiger partial charge in [0.1, 0.15) is 22.3 Å². The normalized spacial score (nSPS) is 11.7. The van der Waals surface area contributed by atoms with Crippen LogP contribution >= 0.6 is 0 Å². The second kappa shape index (κ2) is 12.1. The zero-order chi connectivity index (χ0) is 35.6. The average Bonchev–Trinajstić information content (AvgIpc) is 3.83. The van der Waals surface area contributed by atoms with E-state index in [2.05, 4.69) is 127 Å². The molecule has 0 spiro atoms. The van der Waals surface area contributed by atoms with Gasteiger partial charge in [0.25, 0.3) is 0 Å². The predicted molar refractivity (Wildman–Crippen MR) is 219 cm³/mol. The topological polar surface area (TPSA) is 65.0 Å². The van der Waals surface area contributed by atoms with Crippen LogP contribution < -0.4 is 0 Å².